The van der Waals surface area contributed by atoms with Gasteiger partial charge in [-0.05, 0) is 37.5 Å². The Kier molecular flexibility index (Phi) is 5.54. The summed E-state index contributed by atoms with van der Waals surface area (Å²) >= 11 is 18.6. The van der Waals surface area contributed by atoms with Crippen molar-refractivity contribution in [2.24, 2.45) is 0 Å². The van der Waals surface area contributed by atoms with Crippen LogP contribution in [0.4, 0.5) is 20.6 Å². The fraction of sp³-hybridized carbons (Fsp3) is 0.368. The van der Waals surface area contributed by atoms with Gasteiger partial charge in [0.15, 0.2) is 0 Å². The second kappa shape index (κ2) is 7.93. The first-order chi connectivity index (χ1) is 13.4. The molecular weight excluding hydrogens is 426 g/mol. The highest BCUT2D eigenvalue weighted by Crippen LogP contribution is 2.42. The lowest BCUT2D eigenvalue weighted by molar-refractivity contribution is 0.209. The molecule has 9 heteroatoms. The normalized spacial score (nSPS) is 21.6. The van der Waals surface area contributed by atoms with Crippen molar-refractivity contribution in [3.8, 4) is 0 Å². The van der Waals surface area contributed by atoms with Gasteiger partial charge in [0, 0.05) is 43.3 Å². The molecule has 0 aliphatic carbocycles. The van der Waals surface area contributed by atoms with Crippen LogP contribution in [0.3, 0.4) is 0 Å². The average molecular weight is 444 g/mol. The summed E-state index contributed by atoms with van der Waals surface area (Å²) in [7, 11) is 0. The van der Waals surface area contributed by atoms with E-state index in [1.807, 2.05) is 0 Å². The number of nitrogens with one attached hydrogen (secondary N) is 1. The van der Waals surface area contributed by atoms with E-state index in [0.29, 0.717) is 28.8 Å². The topological polar surface area (TPSA) is 48.5 Å². The number of halogens is 4. The monoisotopic (exact) mass is 442 g/mol. The lowest BCUT2D eigenvalue weighted by Crippen LogP contribution is -2.43. The van der Waals surface area contributed by atoms with Crippen molar-refractivity contribution in [2.75, 3.05) is 23.3 Å². The number of urea groups is 1. The number of hydrogen-bond donors (Lipinski definition) is 1. The Balaban J connectivity index is 1.52. The highest BCUT2D eigenvalue weighted by Gasteiger charge is 2.40. The van der Waals surface area contributed by atoms with Crippen LogP contribution in [0.1, 0.15) is 19.3 Å². The molecule has 0 radical (unpaired) electrons. The molecule has 148 valence electrons. The Bertz CT molecular complexity index is 892. The molecule has 2 bridgehead atoms. The minimum atomic E-state index is -0.520. The van der Waals surface area contributed by atoms with Crippen LogP contribution in [0.5, 0.6) is 0 Å². The van der Waals surface area contributed by atoms with Crippen LogP contribution >= 0.6 is 34.8 Å². The Morgan fingerprint density at radius 3 is 2.50 bits per heavy atom. The van der Waals surface area contributed by atoms with E-state index >= 15 is 0 Å². The third-order valence-corrected chi connectivity index (χ3v) is 6.17. The van der Waals surface area contributed by atoms with Crippen molar-refractivity contribution in [3.63, 3.8) is 0 Å². The number of hydrogen-bond acceptors (Lipinski definition) is 3. The molecule has 1 aromatic heterocycles. The largest absolute Gasteiger partial charge is 0.361 e. The molecule has 2 aromatic rings. The van der Waals surface area contributed by atoms with Crippen molar-refractivity contribution in [1.29, 1.82) is 0 Å². The van der Waals surface area contributed by atoms with E-state index in [0.717, 1.165) is 24.9 Å². The fourth-order valence-electron chi connectivity index (χ4n) is 4.05. The number of amides is 2. The van der Waals surface area contributed by atoms with Gasteiger partial charge >= 0.3 is 6.03 Å². The van der Waals surface area contributed by atoms with Crippen LogP contribution < -0.4 is 10.2 Å². The zero-order valence-electron chi connectivity index (χ0n) is 14.8. The SMILES string of the molecule is O=C(Nc1ccc(F)c(Cl)c1)N1CCC2CCC(C1)N2c1c(Cl)cncc1Cl. The van der Waals surface area contributed by atoms with Crippen molar-refractivity contribution in [2.45, 2.75) is 31.3 Å². The molecule has 4 rings (SSSR count). The smallest absolute Gasteiger partial charge is 0.321 e. The van der Waals surface area contributed by atoms with Crippen LogP contribution in [-0.2, 0) is 0 Å². The molecule has 2 atom stereocenters. The van der Waals surface area contributed by atoms with E-state index in [9.17, 15) is 9.18 Å². The van der Waals surface area contributed by atoms with E-state index < -0.39 is 5.82 Å². The molecule has 2 saturated heterocycles. The summed E-state index contributed by atoms with van der Waals surface area (Å²) < 4.78 is 13.3. The lowest BCUT2D eigenvalue weighted by atomic mass is 10.1. The van der Waals surface area contributed by atoms with Crippen LogP contribution in [0.15, 0.2) is 30.6 Å². The molecule has 2 amide bonds. The molecule has 1 N–H and O–H groups in total. The van der Waals surface area contributed by atoms with E-state index in [1.165, 1.54) is 18.2 Å². The summed E-state index contributed by atoms with van der Waals surface area (Å²) in [5.41, 5.74) is 1.25. The van der Waals surface area contributed by atoms with Gasteiger partial charge in [-0.1, -0.05) is 34.8 Å². The Labute approximate surface area is 177 Å². The maximum absolute atomic E-state index is 13.3. The van der Waals surface area contributed by atoms with Crippen LogP contribution in [0.2, 0.25) is 15.1 Å². The van der Waals surface area contributed by atoms with Gasteiger partial charge in [0.05, 0.1) is 20.8 Å². The Morgan fingerprint density at radius 2 is 1.79 bits per heavy atom. The number of carbonyl (C=O) groups excluding carboxylic acids is 1. The number of aromatic nitrogens is 1. The zero-order valence-corrected chi connectivity index (χ0v) is 17.1. The van der Waals surface area contributed by atoms with Crippen LogP contribution in [-0.4, -0.2) is 41.1 Å². The summed E-state index contributed by atoms with van der Waals surface area (Å²) in [6, 6.07) is 4.28. The third-order valence-electron chi connectivity index (χ3n) is 5.33. The Hall–Kier alpha value is -1.76. The zero-order chi connectivity index (χ0) is 19.8. The lowest BCUT2D eigenvalue weighted by Gasteiger charge is -2.32. The summed E-state index contributed by atoms with van der Waals surface area (Å²) in [6.45, 7) is 1.16. The summed E-state index contributed by atoms with van der Waals surface area (Å²) in [5.74, 6) is -0.520. The van der Waals surface area contributed by atoms with Crippen LogP contribution in [0.25, 0.3) is 0 Å². The molecular formula is C19H18Cl3FN4O. The van der Waals surface area contributed by atoms with E-state index in [2.05, 4.69) is 15.2 Å². The molecule has 2 aliphatic heterocycles. The summed E-state index contributed by atoms with van der Waals surface area (Å²) in [6.07, 6.45) is 5.98. The number of rotatable bonds is 2. The second-order valence-electron chi connectivity index (χ2n) is 7.04. The van der Waals surface area contributed by atoms with Gasteiger partial charge in [-0.2, -0.15) is 0 Å². The first-order valence-corrected chi connectivity index (χ1v) is 10.2. The summed E-state index contributed by atoms with van der Waals surface area (Å²) in [4.78, 5) is 20.8. The molecule has 1 aromatic carbocycles. The second-order valence-corrected chi connectivity index (χ2v) is 8.26. The number of pyridine rings is 1. The minimum Gasteiger partial charge on any atom is -0.361 e. The number of carbonyl (C=O) groups is 1. The quantitative estimate of drug-likeness (QED) is 0.671. The fourth-order valence-corrected chi connectivity index (χ4v) is 4.79. The number of likely N-dealkylation sites (tertiary alicyclic amines) is 1. The highest BCUT2D eigenvalue weighted by atomic mass is 35.5. The first kappa shape index (κ1) is 19.6. The van der Waals surface area contributed by atoms with Gasteiger partial charge in [0.2, 0.25) is 0 Å². The first-order valence-electron chi connectivity index (χ1n) is 9.02. The molecule has 0 saturated carbocycles. The number of nitrogens with zero attached hydrogens (tertiary/aromatic N) is 3. The van der Waals surface area contributed by atoms with Crippen molar-refractivity contribution in [1.82, 2.24) is 9.88 Å². The van der Waals surface area contributed by atoms with Gasteiger partial charge in [0.25, 0.3) is 0 Å². The molecule has 2 aliphatic rings. The van der Waals surface area contributed by atoms with Crippen molar-refractivity contribution in [3.05, 3.63) is 51.5 Å². The average Bonchev–Trinajstić information content (AvgIpc) is 2.92. The van der Waals surface area contributed by atoms with Gasteiger partial charge in [-0.25, -0.2) is 9.18 Å². The molecule has 2 fully saturated rings. The Morgan fingerprint density at radius 1 is 1.07 bits per heavy atom. The van der Waals surface area contributed by atoms with Crippen molar-refractivity contribution < 1.29 is 9.18 Å². The maximum atomic E-state index is 13.3. The molecule has 5 nitrogen and oxygen atoms in total. The maximum Gasteiger partial charge on any atom is 0.321 e. The minimum absolute atomic E-state index is 0.0270. The van der Waals surface area contributed by atoms with Crippen molar-refractivity contribution >= 4 is 52.2 Å². The number of fused-ring (bicyclic) bond motifs is 2. The number of benzene rings is 1. The van der Waals surface area contributed by atoms with Crippen LogP contribution in [0, 0.1) is 5.82 Å². The van der Waals surface area contributed by atoms with Gasteiger partial charge < -0.3 is 15.1 Å². The van der Waals surface area contributed by atoms with Gasteiger partial charge in [-0.3, -0.25) is 4.98 Å². The molecule has 2 unspecified atom stereocenters. The number of anilines is 2. The third kappa shape index (κ3) is 3.73. The van der Waals surface area contributed by atoms with E-state index in [4.69, 9.17) is 34.8 Å². The molecule has 28 heavy (non-hydrogen) atoms. The summed E-state index contributed by atoms with van der Waals surface area (Å²) in [5, 5.41) is 3.81. The van der Waals surface area contributed by atoms with E-state index in [1.54, 1.807) is 17.3 Å². The molecule has 0 spiro atoms. The standard InChI is InChI=1S/C19H18Cl3FN4O/c20-14-7-11(1-4-17(14)23)25-19(28)26-6-5-12-2-3-13(10-26)27(12)18-15(21)8-24-9-16(18)22/h1,4,7-9,12-13H,2-3,5-6,10H2,(H,25,28). The molecule has 3 heterocycles. The highest BCUT2D eigenvalue weighted by molar-refractivity contribution is 6.39. The van der Waals surface area contributed by atoms with Gasteiger partial charge in [-0.15, -0.1) is 0 Å². The predicted octanol–water partition coefficient (Wildman–Crippen LogP) is 5.46. The van der Waals surface area contributed by atoms with Gasteiger partial charge in [0.1, 0.15) is 5.82 Å². The van der Waals surface area contributed by atoms with E-state index in [-0.39, 0.29) is 23.1 Å². The predicted molar refractivity (Wildman–Crippen MR) is 110 cm³/mol.